The first-order chi connectivity index (χ1) is 15.5. The fourth-order valence-corrected chi connectivity index (χ4v) is 5.09. The van der Waals surface area contributed by atoms with Crippen LogP contribution in [0.2, 0.25) is 0 Å². The average Bonchev–Trinajstić information content (AvgIpc) is 2.84. The van der Waals surface area contributed by atoms with Gasteiger partial charge in [0.1, 0.15) is 0 Å². The molecular formula is C26H33N3O3. The Balaban J connectivity index is 1.65. The molecule has 1 aliphatic heterocycles. The summed E-state index contributed by atoms with van der Waals surface area (Å²) >= 11 is 0. The summed E-state index contributed by atoms with van der Waals surface area (Å²) in [5.74, 6) is 0.167. The lowest BCUT2D eigenvalue weighted by Gasteiger charge is -2.44. The van der Waals surface area contributed by atoms with Crippen LogP contribution < -0.4 is 0 Å². The van der Waals surface area contributed by atoms with Crippen molar-refractivity contribution in [2.24, 2.45) is 5.92 Å². The van der Waals surface area contributed by atoms with E-state index in [4.69, 9.17) is 4.74 Å². The summed E-state index contributed by atoms with van der Waals surface area (Å²) in [6.45, 7) is 1.20. The topological polar surface area (TPSA) is 62.7 Å². The van der Waals surface area contributed by atoms with Gasteiger partial charge in [-0.2, -0.15) is 0 Å². The van der Waals surface area contributed by atoms with E-state index in [1.807, 2.05) is 47.5 Å². The highest BCUT2D eigenvalue weighted by Crippen LogP contribution is 2.33. The van der Waals surface area contributed by atoms with Crippen molar-refractivity contribution < 1.29 is 14.3 Å². The molecule has 1 atom stereocenters. The summed E-state index contributed by atoms with van der Waals surface area (Å²) < 4.78 is 6.25. The van der Waals surface area contributed by atoms with Crippen molar-refractivity contribution in [3.8, 4) is 11.1 Å². The number of amides is 2. The molecule has 1 aromatic carbocycles. The number of rotatable bonds is 5. The first kappa shape index (κ1) is 22.5. The molecule has 6 nitrogen and oxygen atoms in total. The average molecular weight is 436 g/mol. The first-order valence-corrected chi connectivity index (χ1v) is 11.6. The van der Waals surface area contributed by atoms with Gasteiger partial charge < -0.3 is 14.5 Å². The van der Waals surface area contributed by atoms with E-state index in [-0.39, 0.29) is 17.7 Å². The molecule has 2 heterocycles. The van der Waals surface area contributed by atoms with Gasteiger partial charge in [-0.05, 0) is 30.0 Å². The fourth-order valence-electron chi connectivity index (χ4n) is 5.09. The Morgan fingerprint density at radius 1 is 1.12 bits per heavy atom. The molecule has 0 N–H and O–H groups in total. The predicted octanol–water partition coefficient (Wildman–Crippen LogP) is 3.56. The van der Waals surface area contributed by atoms with Crippen molar-refractivity contribution in [3.05, 3.63) is 54.4 Å². The zero-order valence-corrected chi connectivity index (χ0v) is 19.1. The van der Waals surface area contributed by atoms with Crippen molar-refractivity contribution in [1.29, 1.82) is 0 Å². The number of aromatic nitrogens is 1. The van der Waals surface area contributed by atoms with Crippen molar-refractivity contribution in [2.45, 2.75) is 44.1 Å². The van der Waals surface area contributed by atoms with E-state index < -0.39 is 5.60 Å². The molecule has 1 saturated carbocycles. The van der Waals surface area contributed by atoms with E-state index in [0.29, 0.717) is 26.1 Å². The molecule has 0 radical (unpaired) electrons. The minimum atomic E-state index is -1.09. The lowest BCUT2D eigenvalue weighted by atomic mass is 9.85. The second-order valence-corrected chi connectivity index (χ2v) is 9.21. The van der Waals surface area contributed by atoms with E-state index in [0.717, 1.165) is 42.4 Å². The Kier molecular flexibility index (Phi) is 6.89. The number of hydrogen-bond donors (Lipinski definition) is 0. The molecule has 6 heteroatoms. The zero-order chi connectivity index (χ0) is 22.6. The molecule has 1 unspecified atom stereocenters. The molecule has 0 spiro atoms. The molecular weight excluding hydrogens is 402 g/mol. The third kappa shape index (κ3) is 4.70. The molecule has 2 fully saturated rings. The van der Waals surface area contributed by atoms with Gasteiger partial charge in [0.15, 0.2) is 5.60 Å². The van der Waals surface area contributed by atoms with Crippen molar-refractivity contribution in [2.75, 3.05) is 33.8 Å². The normalized spacial score (nSPS) is 21.9. The number of benzene rings is 1. The van der Waals surface area contributed by atoms with Gasteiger partial charge in [-0.25, -0.2) is 0 Å². The summed E-state index contributed by atoms with van der Waals surface area (Å²) in [6.07, 6.45) is 9.33. The number of carbonyl (C=O) groups is 2. The van der Waals surface area contributed by atoms with Crippen LogP contribution in [-0.2, 0) is 20.7 Å². The summed E-state index contributed by atoms with van der Waals surface area (Å²) in [7, 11) is 3.50. The second kappa shape index (κ2) is 9.82. The number of morpholine rings is 1. The Morgan fingerprint density at radius 3 is 2.62 bits per heavy atom. The van der Waals surface area contributed by atoms with E-state index in [2.05, 4.69) is 4.98 Å². The number of hydrogen-bond acceptors (Lipinski definition) is 4. The van der Waals surface area contributed by atoms with Crippen LogP contribution in [0.15, 0.2) is 48.8 Å². The molecule has 32 heavy (non-hydrogen) atoms. The second-order valence-electron chi connectivity index (χ2n) is 9.21. The van der Waals surface area contributed by atoms with Gasteiger partial charge in [0.25, 0.3) is 5.91 Å². The van der Waals surface area contributed by atoms with Gasteiger partial charge in [-0.3, -0.25) is 14.6 Å². The minimum absolute atomic E-state index is 0.0803. The highest BCUT2D eigenvalue weighted by molar-refractivity contribution is 5.88. The van der Waals surface area contributed by atoms with Gasteiger partial charge in [-0.1, -0.05) is 49.6 Å². The van der Waals surface area contributed by atoms with Crippen LogP contribution in [0.1, 0.15) is 37.7 Å². The molecule has 2 aliphatic rings. The Morgan fingerprint density at radius 2 is 1.91 bits per heavy atom. The van der Waals surface area contributed by atoms with Gasteiger partial charge in [0.2, 0.25) is 5.91 Å². The number of ether oxygens (including phenoxy) is 1. The van der Waals surface area contributed by atoms with Crippen LogP contribution in [0.3, 0.4) is 0 Å². The van der Waals surface area contributed by atoms with E-state index in [1.165, 1.54) is 6.42 Å². The smallest absolute Gasteiger partial charge is 0.256 e. The molecule has 2 aromatic rings. The molecule has 1 saturated heterocycles. The maximum Gasteiger partial charge on any atom is 0.256 e. The fraction of sp³-hybridized carbons (Fsp3) is 0.500. The Hall–Kier alpha value is -2.73. The van der Waals surface area contributed by atoms with Gasteiger partial charge in [0.05, 0.1) is 13.2 Å². The highest BCUT2D eigenvalue weighted by atomic mass is 16.5. The quantitative estimate of drug-likeness (QED) is 0.721. The standard InChI is InChI=1S/C26H33N3O3/c1-28(2)25(31)26(17-21-11-6-7-13-23(21)22-12-8-14-27-18-22)19-29(15-16-32-26)24(30)20-9-4-3-5-10-20/h6-8,11-14,18,20H,3-5,9-10,15-17,19H2,1-2H3. The van der Waals surface area contributed by atoms with E-state index in [1.54, 1.807) is 25.2 Å². The maximum absolute atomic E-state index is 13.5. The number of likely N-dealkylation sites (N-methyl/N-ethyl adjacent to an activating group) is 1. The summed E-state index contributed by atoms with van der Waals surface area (Å²) in [4.78, 5) is 34.5. The van der Waals surface area contributed by atoms with Crippen molar-refractivity contribution in [1.82, 2.24) is 14.8 Å². The molecule has 2 amide bonds. The van der Waals surface area contributed by atoms with E-state index in [9.17, 15) is 9.59 Å². The molecule has 170 valence electrons. The predicted molar refractivity (Wildman–Crippen MR) is 124 cm³/mol. The largest absolute Gasteiger partial charge is 0.361 e. The minimum Gasteiger partial charge on any atom is -0.361 e. The van der Waals surface area contributed by atoms with Crippen LogP contribution in [0.25, 0.3) is 11.1 Å². The van der Waals surface area contributed by atoms with Gasteiger partial charge in [-0.15, -0.1) is 0 Å². The summed E-state index contributed by atoms with van der Waals surface area (Å²) in [6, 6.07) is 12.0. The lowest BCUT2D eigenvalue weighted by Crippen LogP contribution is -2.62. The monoisotopic (exact) mass is 435 g/mol. The Labute approximate surface area is 190 Å². The zero-order valence-electron chi connectivity index (χ0n) is 19.1. The number of carbonyl (C=O) groups excluding carboxylic acids is 2. The van der Waals surface area contributed by atoms with Crippen molar-refractivity contribution >= 4 is 11.8 Å². The van der Waals surface area contributed by atoms with Crippen LogP contribution in [0.5, 0.6) is 0 Å². The SMILES string of the molecule is CN(C)C(=O)C1(Cc2ccccc2-c2cccnc2)CN(C(=O)C2CCCCC2)CCO1. The lowest BCUT2D eigenvalue weighted by molar-refractivity contribution is -0.174. The molecule has 1 aliphatic carbocycles. The molecule has 0 bridgehead atoms. The summed E-state index contributed by atoms with van der Waals surface area (Å²) in [5.41, 5.74) is 1.96. The first-order valence-electron chi connectivity index (χ1n) is 11.6. The van der Waals surface area contributed by atoms with Crippen LogP contribution in [0.4, 0.5) is 0 Å². The maximum atomic E-state index is 13.5. The molecule has 1 aromatic heterocycles. The van der Waals surface area contributed by atoms with Gasteiger partial charge in [0, 0.05) is 50.9 Å². The van der Waals surface area contributed by atoms with Crippen molar-refractivity contribution in [3.63, 3.8) is 0 Å². The third-order valence-electron chi connectivity index (χ3n) is 6.71. The Bertz CT molecular complexity index is 940. The highest BCUT2D eigenvalue weighted by Gasteiger charge is 2.47. The third-order valence-corrected chi connectivity index (χ3v) is 6.71. The summed E-state index contributed by atoms with van der Waals surface area (Å²) in [5, 5.41) is 0. The van der Waals surface area contributed by atoms with Crippen LogP contribution in [0, 0.1) is 5.92 Å². The van der Waals surface area contributed by atoms with E-state index >= 15 is 0 Å². The number of pyridine rings is 1. The van der Waals surface area contributed by atoms with Gasteiger partial charge >= 0.3 is 0 Å². The number of nitrogens with zero attached hydrogens (tertiary/aromatic N) is 3. The van der Waals surface area contributed by atoms with Crippen LogP contribution >= 0.6 is 0 Å². The molecule has 4 rings (SSSR count). The van der Waals surface area contributed by atoms with Crippen LogP contribution in [-0.4, -0.2) is 66.0 Å².